The van der Waals surface area contributed by atoms with Crippen LogP contribution in [0.5, 0.6) is 5.75 Å². The number of hydrogen-bond acceptors (Lipinski definition) is 3. The van der Waals surface area contributed by atoms with E-state index < -0.39 is 0 Å². The lowest BCUT2D eigenvalue weighted by molar-refractivity contribution is 0.475. The Hall–Kier alpha value is -0.670. The monoisotopic (exact) mass is 223 g/mol. The molecule has 1 aliphatic heterocycles. The topological polar surface area (TPSA) is 32.3 Å². The summed E-state index contributed by atoms with van der Waals surface area (Å²) in [6.45, 7) is 2.34. The van der Waals surface area contributed by atoms with E-state index in [1.54, 1.807) is 12.1 Å². The van der Waals surface area contributed by atoms with Crippen molar-refractivity contribution in [2.24, 2.45) is 0 Å². The third kappa shape index (κ3) is 3.43. The highest BCUT2D eigenvalue weighted by Gasteiger charge is 2.13. The minimum absolute atomic E-state index is 0.353. The molecular weight excluding hydrogens is 206 g/mol. The molecule has 0 amide bonds. The van der Waals surface area contributed by atoms with Crippen LogP contribution in [-0.2, 0) is 6.42 Å². The highest BCUT2D eigenvalue weighted by Crippen LogP contribution is 2.19. The summed E-state index contributed by atoms with van der Waals surface area (Å²) in [6, 6.07) is 7.53. The Kier molecular flexibility index (Phi) is 3.92. The molecule has 1 unspecified atom stereocenters. The van der Waals surface area contributed by atoms with Gasteiger partial charge in [0.2, 0.25) is 0 Å². The van der Waals surface area contributed by atoms with Crippen molar-refractivity contribution in [2.75, 3.05) is 18.8 Å². The molecule has 1 heterocycles. The zero-order valence-electron chi connectivity index (χ0n) is 8.78. The second-order valence-corrected chi connectivity index (χ2v) is 5.31. The number of benzene rings is 1. The molecule has 3 heteroatoms. The number of phenolic OH excluding ortho intramolecular Hbond substituents is 1. The molecule has 1 saturated heterocycles. The lowest BCUT2D eigenvalue weighted by atomic mass is 10.2. The van der Waals surface area contributed by atoms with Gasteiger partial charge in [-0.2, -0.15) is 11.8 Å². The van der Waals surface area contributed by atoms with E-state index in [-0.39, 0.29) is 0 Å². The van der Waals surface area contributed by atoms with E-state index in [0.29, 0.717) is 5.75 Å². The number of phenols is 1. The Balaban J connectivity index is 1.71. The van der Waals surface area contributed by atoms with E-state index in [2.05, 4.69) is 17.1 Å². The molecule has 15 heavy (non-hydrogen) atoms. The fraction of sp³-hybridized carbons (Fsp3) is 0.500. The number of rotatable bonds is 4. The Morgan fingerprint density at radius 1 is 1.33 bits per heavy atom. The molecule has 82 valence electrons. The molecule has 0 radical (unpaired) electrons. The first kappa shape index (κ1) is 10.8. The van der Waals surface area contributed by atoms with Crippen LogP contribution in [0.1, 0.15) is 12.0 Å². The van der Waals surface area contributed by atoms with Crippen LogP contribution in [0.15, 0.2) is 24.3 Å². The maximum absolute atomic E-state index is 9.14. The smallest absolute Gasteiger partial charge is 0.115 e. The lowest BCUT2D eigenvalue weighted by Gasteiger charge is -2.07. The van der Waals surface area contributed by atoms with Gasteiger partial charge in [-0.15, -0.1) is 0 Å². The van der Waals surface area contributed by atoms with Gasteiger partial charge in [0.1, 0.15) is 5.75 Å². The molecule has 1 aromatic rings. The van der Waals surface area contributed by atoms with Crippen LogP contribution in [0.25, 0.3) is 0 Å². The molecule has 1 aromatic carbocycles. The minimum Gasteiger partial charge on any atom is -0.508 e. The van der Waals surface area contributed by atoms with Gasteiger partial charge in [0.25, 0.3) is 0 Å². The first-order valence-electron chi connectivity index (χ1n) is 5.45. The Labute approximate surface area is 95.1 Å². The second kappa shape index (κ2) is 5.42. The minimum atomic E-state index is 0.353. The van der Waals surface area contributed by atoms with Gasteiger partial charge < -0.3 is 10.4 Å². The van der Waals surface area contributed by atoms with Crippen molar-refractivity contribution in [1.29, 1.82) is 0 Å². The van der Waals surface area contributed by atoms with E-state index in [9.17, 15) is 0 Å². The average Bonchev–Trinajstić information content (AvgIpc) is 2.74. The first-order chi connectivity index (χ1) is 7.34. The average molecular weight is 223 g/mol. The Morgan fingerprint density at radius 3 is 2.80 bits per heavy atom. The van der Waals surface area contributed by atoms with Gasteiger partial charge in [0, 0.05) is 11.8 Å². The van der Waals surface area contributed by atoms with Gasteiger partial charge in [0.15, 0.2) is 0 Å². The van der Waals surface area contributed by atoms with Crippen molar-refractivity contribution >= 4 is 11.8 Å². The Morgan fingerprint density at radius 2 is 2.13 bits per heavy atom. The number of nitrogens with one attached hydrogen (secondary N) is 1. The summed E-state index contributed by atoms with van der Waals surface area (Å²) in [5, 5.41) is 13.3. The summed E-state index contributed by atoms with van der Waals surface area (Å²) in [5.74, 6) is 1.53. The zero-order chi connectivity index (χ0) is 10.5. The van der Waals surface area contributed by atoms with Gasteiger partial charge in [-0.3, -0.25) is 0 Å². The fourth-order valence-electron chi connectivity index (χ4n) is 1.78. The molecule has 2 rings (SSSR count). The summed E-state index contributed by atoms with van der Waals surface area (Å²) >= 11 is 2.06. The SMILES string of the molecule is Oc1ccc(CCSC2CCNC2)cc1. The van der Waals surface area contributed by atoms with Gasteiger partial charge in [-0.1, -0.05) is 12.1 Å². The normalized spacial score (nSPS) is 20.7. The molecule has 0 bridgehead atoms. The van der Waals surface area contributed by atoms with Crippen molar-refractivity contribution in [1.82, 2.24) is 5.32 Å². The fourth-order valence-corrected chi connectivity index (χ4v) is 2.98. The molecule has 1 fully saturated rings. The second-order valence-electron chi connectivity index (χ2n) is 3.90. The number of aryl methyl sites for hydroxylation is 1. The van der Waals surface area contributed by atoms with Crippen LogP contribution < -0.4 is 5.32 Å². The van der Waals surface area contributed by atoms with Gasteiger partial charge in [-0.05, 0) is 42.8 Å². The third-order valence-electron chi connectivity index (χ3n) is 2.70. The Bertz CT molecular complexity index is 293. The van der Waals surface area contributed by atoms with Crippen molar-refractivity contribution in [2.45, 2.75) is 18.1 Å². The van der Waals surface area contributed by atoms with Crippen molar-refractivity contribution in [3.63, 3.8) is 0 Å². The van der Waals surface area contributed by atoms with Crippen molar-refractivity contribution < 1.29 is 5.11 Å². The summed E-state index contributed by atoms with van der Waals surface area (Å²) < 4.78 is 0. The van der Waals surface area contributed by atoms with Gasteiger partial charge in [0.05, 0.1) is 0 Å². The van der Waals surface area contributed by atoms with Gasteiger partial charge in [-0.25, -0.2) is 0 Å². The summed E-state index contributed by atoms with van der Waals surface area (Å²) in [7, 11) is 0. The van der Waals surface area contributed by atoms with Crippen LogP contribution in [0.4, 0.5) is 0 Å². The molecule has 0 saturated carbocycles. The highest BCUT2D eigenvalue weighted by molar-refractivity contribution is 7.99. The summed E-state index contributed by atoms with van der Waals surface area (Å²) in [4.78, 5) is 0. The van der Waals surface area contributed by atoms with Crippen LogP contribution in [0.2, 0.25) is 0 Å². The number of thioether (sulfide) groups is 1. The molecule has 0 aliphatic carbocycles. The van der Waals surface area contributed by atoms with Crippen molar-refractivity contribution in [3.05, 3.63) is 29.8 Å². The van der Waals surface area contributed by atoms with E-state index in [1.807, 2.05) is 12.1 Å². The van der Waals surface area contributed by atoms with Gasteiger partial charge >= 0.3 is 0 Å². The standard InChI is InChI=1S/C12H17NOS/c14-11-3-1-10(2-4-11)6-8-15-12-5-7-13-9-12/h1-4,12-14H,5-9H2. The summed E-state index contributed by atoms with van der Waals surface area (Å²) in [6.07, 6.45) is 2.40. The van der Waals surface area contributed by atoms with E-state index in [4.69, 9.17) is 5.11 Å². The van der Waals surface area contributed by atoms with Crippen LogP contribution in [-0.4, -0.2) is 29.2 Å². The maximum Gasteiger partial charge on any atom is 0.115 e. The largest absolute Gasteiger partial charge is 0.508 e. The summed E-state index contributed by atoms with van der Waals surface area (Å²) in [5.41, 5.74) is 1.31. The molecule has 2 N–H and O–H groups in total. The van der Waals surface area contributed by atoms with Crippen LogP contribution >= 0.6 is 11.8 Å². The predicted molar refractivity (Wildman–Crippen MR) is 65.5 cm³/mol. The van der Waals surface area contributed by atoms with Crippen LogP contribution in [0, 0.1) is 0 Å². The lowest BCUT2D eigenvalue weighted by Crippen LogP contribution is -2.10. The quantitative estimate of drug-likeness (QED) is 0.819. The first-order valence-corrected chi connectivity index (χ1v) is 6.50. The van der Waals surface area contributed by atoms with Crippen molar-refractivity contribution in [3.8, 4) is 5.75 Å². The van der Waals surface area contributed by atoms with E-state index in [0.717, 1.165) is 11.7 Å². The van der Waals surface area contributed by atoms with E-state index >= 15 is 0 Å². The molecule has 2 nitrogen and oxygen atoms in total. The molecule has 1 aliphatic rings. The third-order valence-corrected chi connectivity index (χ3v) is 4.01. The zero-order valence-corrected chi connectivity index (χ0v) is 9.59. The molecule has 0 spiro atoms. The molecule has 0 aromatic heterocycles. The van der Waals surface area contributed by atoms with E-state index in [1.165, 1.54) is 30.8 Å². The predicted octanol–water partition coefficient (Wildman–Crippen LogP) is 2.03. The van der Waals surface area contributed by atoms with Crippen LogP contribution in [0.3, 0.4) is 0 Å². The maximum atomic E-state index is 9.14. The number of hydrogen-bond donors (Lipinski definition) is 2. The molecule has 1 atom stereocenters. The number of aromatic hydroxyl groups is 1. The highest BCUT2D eigenvalue weighted by atomic mass is 32.2. The molecular formula is C12H17NOS.